The summed E-state index contributed by atoms with van der Waals surface area (Å²) < 4.78 is 6.36. The molecular formula is C21H13BrClN3O4S. The Morgan fingerprint density at radius 2 is 2.03 bits per heavy atom. The quantitative estimate of drug-likeness (QED) is 0.242. The molecule has 1 saturated heterocycles. The Kier molecular flexibility index (Phi) is 5.99. The number of nitrogens with one attached hydrogen (secondary N) is 1. The molecule has 1 N–H and O–H groups in total. The van der Waals surface area contributed by atoms with Gasteiger partial charge in [-0.05, 0) is 70.5 Å². The smallest absolute Gasteiger partial charge is 0.270 e. The molecule has 1 aliphatic heterocycles. The molecule has 7 nitrogen and oxygen atoms in total. The number of halogens is 2. The fourth-order valence-electron chi connectivity index (χ4n) is 2.81. The van der Waals surface area contributed by atoms with E-state index >= 15 is 0 Å². The van der Waals surface area contributed by atoms with Gasteiger partial charge in [-0.2, -0.15) is 0 Å². The van der Waals surface area contributed by atoms with E-state index in [1.165, 1.54) is 23.9 Å². The topological polar surface area (TPSA) is 97.7 Å². The third-order valence-corrected chi connectivity index (χ3v) is 6.17. The van der Waals surface area contributed by atoms with Crippen molar-refractivity contribution in [2.75, 3.05) is 0 Å². The van der Waals surface area contributed by atoms with E-state index in [1.807, 2.05) is 13.0 Å². The van der Waals surface area contributed by atoms with Crippen molar-refractivity contribution in [2.45, 2.75) is 6.92 Å². The van der Waals surface area contributed by atoms with E-state index in [4.69, 9.17) is 16.0 Å². The average molecular weight is 519 g/mol. The number of carbonyl (C=O) groups excluding carboxylic acids is 1. The number of hydrogen-bond acceptors (Lipinski definition) is 6. The van der Waals surface area contributed by atoms with Crippen LogP contribution in [0.15, 0.2) is 67.3 Å². The summed E-state index contributed by atoms with van der Waals surface area (Å²) in [5.74, 6) is 0.705. The first kappa shape index (κ1) is 21.4. The first-order chi connectivity index (χ1) is 14.8. The van der Waals surface area contributed by atoms with Gasteiger partial charge in [0.05, 0.1) is 15.5 Å². The summed E-state index contributed by atoms with van der Waals surface area (Å²) in [5, 5.41) is 14.7. The Morgan fingerprint density at radius 3 is 2.77 bits per heavy atom. The van der Waals surface area contributed by atoms with Crippen molar-refractivity contribution < 1.29 is 14.1 Å². The Bertz CT molecular complexity index is 1290. The minimum atomic E-state index is -0.466. The monoisotopic (exact) mass is 517 g/mol. The number of aliphatic imine (C=N–C) groups is 1. The second kappa shape index (κ2) is 8.70. The van der Waals surface area contributed by atoms with Gasteiger partial charge in [-0.25, -0.2) is 4.99 Å². The normalized spacial score (nSPS) is 16.2. The predicted molar refractivity (Wildman–Crippen MR) is 125 cm³/mol. The Hall–Kier alpha value is -2.88. The number of hydrogen-bond donors (Lipinski definition) is 1. The highest BCUT2D eigenvalue weighted by Gasteiger charge is 2.24. The van der Waals surface area contributed by atoms with Crippen LogP contribution in [0.3, 0.4) is 0 Å². The molecule has 3 aromatic rings. The molecule has 31 heavy (non-hydrogen) atoms. The van der Waals surface area contributed by atoms with E-state index in [1.54, 1.807) is 36.4 Å². The summed E-state index contributed by atoms with van der Waals surface area (Å²) in [7, 11) is 0. The van der Waals surface area contributed by atoms with Crippen LogP contribution in [0.4, 0.5) is 11.4 Å². The highest BCUT2D eigenvalue weighted by molar-refractivity contribution is 9.10. The first-order valence-electron chi connectivity index (χ1n) is 8.90. The van der Waals surface area contributed by atoms with Crippen LogP contribution < -0.4 is 5.32 Å². The number of carbonyl (C=O) groups is 1. The number of nitrogens with zero attached hydrogens (tertiary/aromatic N) is 2. The highest BCUT2D eigenvalue weighted by atomic mass is 79.9. The molecule has 0 radical (unpaired) electrons. The number of non-ortho nitro benzene ring substituents is 1. The maximum absolute atomic E-state index is 12.3. The lowest BCUT2D eigenvalue weighted by Gasteiger charge is -2.01. The van der Waals surface area contributed by atoms with Crippen molar-refractivity contribution in [3.8, 4) is 11.3 Å². The van der Waals surface area contributed by atoms with Gasteiger partial charge in [0.25, 0.3) is 11.6 Å². The van der Waals surface area contributed by atoms with Gasteiger partial charge < -0.3 is 9.73 Å². The van der Waals surface area contributed by atoms with Gasteiger partial charge in [-0.3, -0.25) is 14.9 Å². The van der Waals surface area contributed by atoms with Gasteiger partial charge in [0.2, 0.25) is 0 Å². The van der Waals surface area contributed by atoms with Gasteiger partial charge >= 0.3 is 0 Å². The van der Waals surface area contributed by atoms with Crippen LogP contribution in [0, 0.1) is 17.0 Å². The van der Waals surface area contributed by atoms with E-state index in [0.717, 1.165) is 5.56 Å². The number of benzene rings is 2. The summed E-state index contributed by atoms with van der Waals surface area (Å²) in [6.45, 7) is 1.91. The van der Waals surface area contributed by atoms with Crippen molar-refractivity contribution in [2.24, 2.45) is 4.99 Å². The second-order valence-corrected chi connectivity index (χ2v) is 8.86. The maximum Gasteiger partial charge on any atom is 0.270 e. The van der Waals surface area contributed by atoms with E-state index in [9.17, 15) is 14.9 Å². The molecule has 4 rings (SSSR count). The van der Waals surface area contributed by atoms with Crippen LogP contribution >= 0.6 is 39.3 Å². The van der Waals surface area contributed by atoms with E-state index < -0.39 is 4.92 Å². The summed E-state index contributed by atoms with van der Waals surface area (Å²) in [4.78, 5) is 27.7. The zero-order valence-electron chi connectivity index (χ0n) is 15.9. The number of thioether (sulfide) groups is 1. The summed E-state index contributed by atoms with van der Waals surface area (Å²) in [6.07, 6.45) is 1.62. The fraction of sp³-hybridized carbons (Fsp3) is 0.0476. The van der Waals surface area contributed by atoms with E-state index in [0.29, 0.717) is 42.3 Å². The molecule has 1 fully saturated rings. The predicted octanol–water partition coefficient (Wildman–Crippen LogP) is 6.47. The van der Waals surface area contributed by atoms with Crippen LogP contribution in [-0.2, 0) is 4.79 Å². The second-order valence-electron chi connectivity index (χ2n) is 6.54. The van der Waals surface area contributed by atoms with Gasteiger partial charge in [0, 0.05) is 33.3 Å². The summed E-state index contributed by atoms with van der Waals surface area (Å²) in [5.41, 5.74) is 2.26. The van der Waals surface area contributed by atoms with Crippen molar-refractivity contribution in [3.63, 3.8) is 0 Å². The third-order valence-electron chi connectivity index (χ3n) is 4.37. The number of nitro benzene ring substituents is 1. The van der Waals surface area contributed by atoms with Crippen LogP contribution in [0.1, 0.15) is 11.3 Å². The number of furan rings is 1. The molecule has 0 saturated carbocycles. The zero-order chi connectivity index (χ0) is 22.1. The Morgan fingerprint density at radius 1 is 1.23 bits per heavy atom. The first-order valence-corrected chi connectivity index (χ1v) is 10.9. The maximum atomic E-state index is 12.3. The molecule has 10 heteroatoms. The molecule has 1 amide bonds. The van der Waals surface area contributed by atoms with Crippen LogP contribution in [0.25, 0.3) is 17.4 Å². The SMILES string of the molecule is Cc1ccc(Cl)cc1N=C1NC(=O)/C(=C/c2ccc(-c3ccc([N+](=O)[O-])cc3Br)o2)S1. The van der Waals surface area contributed by atoms with E-state index in [-0.39, 0.29) is 11.6 Å². The molecule has 1 aromatic heterocycles. The fourth-order valence-corrected chi connectivity index (χ4v) is 4.36. The molecule has 0 aliphatic carbocycles. The molecule has 0 spiro atoms. The Labute approximate surface area is 194 Å². The largest absolute Gasteiger partial charge is 0.457 e. The molecule has 2 aromatic carbocycles. The summed E-state index contributed by atoms with van der Waals surface area (Å²) in [6, 6.07) is 13.3. The van der Waals surface area contributed by atoms with Gasteiger partial charge in [-0.15, -0.1) is 0 Å². The Balaban J connectivity index is 1.57. The van der Waals surface area contributed by atoms with Gasteiger partial charge in [-0.1, -0.05) is 17.7 Å². The molecule has 0 bridgehead atoms. The van der Waals surface area contributed by atoms with Crippen LogP contribution in [0.5, 0.6) is 0 Å². The lowest BCUT2D eigenvalue weighted by Crippen LogP contribution is -2.19. The lowest BCUT2D eigenvalue weighted by molar-refractivity contribution is -0.384. The molecule has 156 valence electrons. The summed E-state index contributed by atoms with van der Waals surface area (Å²) >= 11 is 10.6. The highest BCUT2D eigenvalue weighted by Crippen LogP contribution is 2.34. The van der Waals surface area contributed by atoms with Gasteiger partial charge in [0.15, 0.2) is 5.17 Å². The van der Waals surface area contributed by atoms with Crippen molar-refractivity contribution in [1.29, 1.82) is 0 Å². The number of aryl methyl sites for hydroxylation is 1. The van der Waals surface area contributed by atoms with E-state index in [2.05, 4.69) is 26.2 Å². The molecule has 1 aliphatic rings. The lowest BCUT2D eigenvalue weighted by atomic mass is 10.1. The number of nitro groups is 1. The minimum absolute atomic E-state index is 0.0229. The van der Waals surface area contributed by atoms with Crippen LogP contribution in [0.2, 0.25) is 5.02 Å². The standard InChI is InChI=1S/C21H13BrClN3O4S/c1-11-2-3-12(23)8-17(11)24-21-25-20(27)19(31-21)10-14-5-7-18(30-14)15-6-4-13(26(28)29)9-16(15)22/h2-10H,1H3,(H,24,25,27)/b19-10-. The average Bonchev–Trinajstić information content (AvgIpc) is 3.31. The molecular weight excluding hydrogens is 506 g/mol. The zero-order valence-corrected chi connectivity index (χ0v) is 19.0. The van der Waals surface area contributed by atoms with Crippen molar-refractivity contribution >= 4 is 67.8 Å². The van der Waals surface area contributed by atoms with Crippen molar-refractivity contribution in [3.05, 3.63) is 84.4 Å². The van der Waals surface area contributed by atoms with Crippen LogP contribution in [-0.4, -0.2) is 16.0 Å². The minimum Gasteiger partial charge on any atom is -0.457 e. The number of rotatable bonds is 4. The number of amidine groups is 1. The third kappa shape index (κ3) is 4.73. The number of amides is 1. The van der Waals surface area contributed by atoms with Gasteiger partial charge in [0.1, 0.15) is 11.5 Å². The molecule has 2 heterocycles. The molecule has 0 atom stereocenters. The molecule has 0 unspecified atom stereocenters. The van der Waals surface area contributed by atoms with Crippen molar-refractivity contribution in [1.82, 2.24) is 5.32 Å².